The average Bonchev–Trinajstić information content (AvgIpc) is 2.34. The van der Waals surface area contributed by atoms with Crippen LogP contribution in [0.5, 0.6) is 0 Å². The lowest BCUT2D eigenvalue weighted by Gasteiger charge is -2.32. The Kier molecular flexibility index (Phi) is 6.00. The summed E-state index contributed by atoms with van der Waals surface area (Å²) < 4.78 is 60.0. The first-order valence-corrected chi connectivity index (χ1v) is 8.39. The van der Waals surface area contributed by atoms with Crippen molar-refractivity contribution in [1.29, 1.82) is 0 Å². The molecule has 1 aliphatic rings. The molecule has 0 aromatic rings. The lowest BCUT2D eigenvalue weighted by Crippen LogP contribution is -2.52. The second-order valence-corrected chi connectivity index (χ2v) is 7.14. The number of amides is 1. The number of carbonyl (C=O) groups is 1. The van der Waals surface area contributed by atoms with E-state index >= 15 is 0 Å². The van der Waals surface area contributed by atoms with Crippen molar-refractivity contribution >= 4 is 15.9 Å². The molecule has 6 nitrogen and oxygen atoms in total. The van der Waals surface area contributed by atoms with E-state index < -0.39 is 34.7 Å². The Morgan fingerprint density at radius 2 is 1.86 bits per heavy atom. The zero-order valence-electron chi connectivity index (χ0n) is 11.9. The Morgan fingerprint density at radius 1 is 1.33 bits per heavy atom. The fourth-order valence-electron chi connectivity index (χ4n) is 2.12. The van der Waals surface area contributed by atoms with E-state index in [1.807, 2.05) is 5.32 Å². The third-order valence-electron chi connectivity index (χ3n) is 3.26. The SMILES string of the molecule is CC(NC1CCN(S(C)(=O)=O)CC1)C(=O)NCC(F)(F)F. The molecule has 0 aromatic carbocycles. The van der Waals surface area contributed by atoms with E-state index in [1.165, 1.54) is 11.2 Å². The van der Waals surface area contributed by atoms with Gasteiger partial charge in [-0.2, -0.15) is 13.2 Å². The lowest BCUT2D eigenvalue weighted by molar-refractivity contribution is -0.139. The number of carbonyl (C=O) groups excluding carboxylic acids is 1. The number of hydrogen-bond acceptors (Lipinski definition) is 4. The Balaban J connectivity index is 2.36. The van der Waals surface area contributed by atoms with E-state index in [9.17, 15) is 26.4 Å². The summed E-state index contributed by atoms with van der Waals surface area (Å²) in [6.07, 6.45) is -2.27. The van der Waals surface area contributed by atoms with Gasteiger partial charge in [-0.1, -0.05) is 0 Å². The summed E-state index contributed by atoms with van der Waals surface area (Å²) in [5.41, 5.74) is 0. The zero-order valence-corrected chi connectivity index (χ0v) is 12.7. The van der Waals surface area contributed by atoms with Gasteiger partial charge in [0.05, 0.1) is 12.3 Å². The van der Waals surface area contributed by atoms with Crippen LogP contribution in [0.25, 0.3) is 0 Å². The van der Waals surface area contributed by atoms with Crippen LogP contribution in [0.15, 0.2) is 0 Å². The fourth-order valence-corrected chi connectivity index (χ4v) is 3.00. The molecule has 1 rings (SSSR count). The van der Waals surface area contributed by atoms with Crippen molar-refractivity contribution in [2.75, 3.05) is 25.9 Å². The molecule has 0 bridgehead atoms. The highest BCUT2D eigenvalue weighted by atomic mass is 32.2. The molecule has 1 atom stereocenters. The Morgan fingerprint density at radius 3 is 2.29 bits per heavy atom. The first kappa shape index (κ1) is 18.2. The van der Waals surface area contributed by atoms with Crippen LogP contribution in [0.4, 0.5) is 13.2 Å². The second kappa shape index (κ2) is 6.93. The molecule has 0 saturated carbocycles. The molecule has 0 aromatic heterocycles. The fraction of sp³-hybridized carbons (Fsp3) is 0.909. The van der Waals surface area contributed by atoms with E-state index in [1.54, 1.807) is 0 Å². The molecule has 0 radical (unpaired) electrons. The van der Waals surface area contributed by atoms with Crippen molar-refractivity contribution in [1.82, 2.24) is 14.9 Å². The molecule has 1 aliphatic heterocycles. The van der Waals surface area contributed by atoms with E-state index in [4.69, 9.17) is 0 Å². The number of alkyl halides is 3. The van der Waals surface area contributed by atoms with Gasteiger partial charge in [0.1, 0.15) is 6.54 Å². The van der Waals surface area contributed by atoms with Crippen LogP contribution >= 0.6 is 0 Å². The van der Waals surface area contributed by atoms with E-state index in [-0.39, 0.29) is 6.04 Å². The normalized spacial score (nSPS) is 20.2. The van der Waals surface area contributed by atoms with E-state index in [2.05, 4.69) is 5.32 Å². The minimum Gasteiger partial charge on any atom is -0.346 e. The molecule has 124 valence electrons. The van der Waals surface area contributed by atoms with Gasteiger partial charge in [-0.3, -0.25) is 4.79 Å². The Hall–Kier alpha value is -0.870. The summed E-state index contributed by atoms with van der Waals surface area (Å²) >= 11 is 0. The van der Waals surface area contributed by atoms with Gasteiger partial charge in [-0.25, -0.2) is 12.7 Å². The van der Waals surface area contributed by atoms with Crippen molar-refractivity contribution in [3.05, 3.63) is 0 Å². The summed E-state index contributed by atoms with van der Waals surface area (Å²) in [6, 6.07) is -0.850. The smallest absolute Gasteiger partial charge is 0.346 e. The van der Waals surface area contributed by atoms with Crippen LogP contribution in [-0.2, 0) is 14.8 Å². The van der Waals surface area contributed by atoms with Gasteiger partial charge >= 0.3 is 6.18 Å². The van der Waals surface area contributed by atoms with Crippen LogP contribution in [0, 0.1) is 0 Å². The van der Waals surface area contributed by atoms with Gasteiger partial charge in [0.2, 0.25) is 15.9 Å². The maximum absolute atomic E-state index is 12.0. The molecule has 21 heavy (non-hydrogen) atoms. The highest BCUT2D eigenvalue weighted by molar-refractivity contribution is 7.88. The predicted molar refractivity (Wildman–Crippen MR) is 71.1 cm³/mol. The van der Waals surface area contributed by atoms with Crippen LogP contribution in [-0.4, -0.2) is 62.8 Å². The number of hydrogen-bond donors (Lipinski definition) is 2. The van der Waals surface area contributed by atoms with E-state index in [0.29, 0.717) is 25.9 Å². The zero-order chi connectivity index (χ0) is 16.3. The summed E-state index contributed by atoms with van der Waals surface area (Å²) in [6.45, 7) is 0.805. The van der Waals surface area contributed by atoms with Gasteiger partial charge in [0.15, 0.2) is 0 Å². The van der Waals surface area contributed by atoms with Crippen LogP contribution in [0.2, 0.25) is 0 Å². The summed E-state index contributed by atoms with van der Waals surface area (Å²) in [7, 11) is -3.22. The third-order valence-corrected chi connectivity index (χ3v) is 4.57. The molecule has 0 aliphatic carbocycles. The van der Waals surface area contributed by atoms with Gasteiger partial charge < -0.3 is 10.6 Å². The van der Waals surface area contributed by atoms with E-state index in [0.717, 1.165) is 6.26 Å². The minimum absolute atomic E-state index is 0.0883. The van der Waals surface area contributed by atoms with Crippen molar-refractivity contribution < 1.29 is 26.4 Å². The van der Waals surface area contributed by atoms with Gasteiger partial charge in [0, 0.05) is 19.1 Å². The van der Waals surface area contributed by atoms with Crippen molar-refractivity contribution in [2.24, 2.45) is 0 Å². The average molecular weight is 331 g/mol. The topological polar surface area (TPSA) is 78.5 Å². The lowest BCUT2D eigenvalue weighted by atomic mass is 10.1. The molecule has 1 fully saturated rings. The number of halogens is 3. The van der Waals surface area contributed by atoms with Crippen molar-refractivity contribution in [3.8, 4) is 0 Å². The predicted octanol–water partition coefficient (Wildman–Crippen LogP) is 0.0670. The molecule has 1 saturated heterocycles. The molecule has 1 heterocycles. The number of sulfonamides is 1. The maximum Gasteiger partial charge on any atom is 0.405 e. The number of nitrogens with zero attached hydrogens (tertiary/aromatic N) is 1. The Labute approximate surface area is 122 Å². The van der Waals surface area contributed by atoms with Crippen LogP contribution < -0.4 is 10.6 Å². The molecule has 1 amide bonds. The summed E-state index contributed by atoms with van der Waals surface area (Å²) in [4.78, 5) is 11.5. The van der Waals surface area contributed by atoms with Gasteiger partial charge in [-0.05, 0) is 19.8 Å². The molecular weight excluding hydrogens is 311 g/mol. The second-order valence-electron chi connectivity index (χ2n) is 5.16. The highest BCUT2D eigenvalue weighted by Gasteiger charge is 2.30. The first-order valence-electron chi connectivity index (χ1n) is 6.54. The number of piperidine rings is 1. The largest absolute Gasteiger partial charge is 0.405 e. The summed E-state index contributed by atoms with van der Waals surface area (Å²) in [5.74, 6) is -0.724. The molecule has 0 spiro atoms. The molecule has 2 N–H and O–H groups in total. The first-order chi connectivity index (χ1) is 9.49. The third kappa shape index (κ3) is 6.62. The Bertz CT molecular complexity index is 459. The molecular formula is C11H20F3N3O3S. The van der Waals surface area contributed by atoms with Crippen LogP contribution in [0.3, 0.4) is 0 Å². The van der Waals surface area contributed by atoms with Crippen LogP contribution in [0.1, 0.15) is 19.8 Å². The molecule has 10 heteroatoms. The van der Waals surface area contributed by atoms with Gasteiger partial charge in [0.25, 0.3) is 0 Å². The highest BCUT2D eigenvalue weighted by Crippen LogP contribution is 2.14. The molecule has 1 unspecified atom stereocenters. The quantitative estimate of drug-likeness (QED) is 0.747. The van der Waals surface area contributed by atoms with Crippen molar-refractivity contribution in [3.63, 3.8) is 0 Å². The number of rotatable bonds is 5. The standard InChI is InChI=1S/C11H20F3N3O3S/c1-8(10(18)15-7-11(12,13)14)16-9-3-5-17(6-4-9)21(2,19)20/h8-9,16H,3-7H2,1-2H3,(H,15,18). The monoisotopic (exact) mass is 331 g/mol. The maximum atomic E-state index is 12.0. The van der Waals surface area contributed by atoms with Gasteiger partial charge in [-0.15, -0.1) is 0 Å². The summed E-state index contributed by atoms with van der Waals surface area (Å²) in [5, 5.41) is 4.74. The van der Waals surface area contributed by atoms with Crippen molar-refractivity contribution in [2.45, 2.75) is 38.0 Å². The minimum atomic E-state index is -4.43. The number of nitrogens with one attached hydrogen (secondary N) is 2.